The lowest BCUT2D eigenvalue weighted by molar-refractivity contribution is -0.137. The van der Waals surface area contributed by atoms with Crippen molar-refractivity contribution >= 4 is 39.4 Å². The first-order valence-corrected chi connectivity index (χ1v) is 7.73. The summed E-state index contributed by atoms with van der Waals surface area (Å²) in [7, 11) is 0. The van der Waals surface area contributed by atoms with Gasteiger partial charge < -0.3 is 10.4 Å². The number of carbonyl (C=O) groups is 2. The Hall–Kier alpha value is -1.07. The summed E-state index contributed by atoms with van der Waals surface area (Å²) in [6.07, 6.45) is 0.450. The number of carboxylic acids is 1. The molecule has 1 unspecified atom stereocenters. The number of hydrogen-bond donors (Lipinski definition) is 2. The number of hydrogen-bond acceptors (Lipinski definition) is 2. The van der Waals surface area contributed by atoms with Crippen molar-refractivity contribution in [2.24, 2.45) is 5.41 Å². The van der Waals surface area contributed by atoms with Gasteiger partial charge in [0.2, 0.25) is 0 Å². The first-order chi connectivity index (χ1) is 9.58. The molecule has 0 aliphatic heterocycles. The van der Waals surface area contributed by atoms with E-state index < -0.39 is 12.0 Å². The molecule has 0 radical (unpaired) electrons. The van der Waals surface area contributed by atoms with Crippen molar-refractivity contribution in [3.05, 3.63) is 33.3 Å². The zero-order valence-corrected chi connectivity index (χ0v) is 14.6. The maximum atomic E-state index is 12.3. The molecule has 4 nitrogen and oxygen atoms in total. The largest absolute Gasteiger partial charge is 0.481 e. The summed E-state index contributed by atoms with van der Waals surface area (Å²) < 4.78 is 0.739. The molecule has 1 aromatic rings. The summed E-state index contributed by atoms with van der Waals surface area (Å²) in [6, 6.07) is 4.54. The number of nitrogens with one attached hydrogen (secondary N) is 1. The van der Waals surface area contributed by atoms with E-state index in [4.69, 9.17) is 16.7 Å². The van der Waals surface area contributed by atoms with E-state index in [0.717, 1.165) is 4.47 Å². The van der Waals surface area contributed by atoms with Crippen LogP contribution in [0.3, 0.4) is 0 Å². The Labute approximate surface area is 138 Å². The minimum Gasteiger partial charge on any atom is -0.481 e. The number of halogens is 2. The van der Waals surface area contributed by atoms with Gasteiger partial charge >= 0.3 is 5.97 Å². The predicted octanol–water partition coefficient (Wildman–Crippen LogP) is 4.11. The molecule has 0 aliphatic rings. The zero-order valence-electron chi connectivity index (χ0n) is 12.2. The topological polar surface area (TPSA) is 66.4 Å². The Morgan fingerprint density at radius 3 is 2.52 bits per heavy atom. The van der Waals surface area contributed by atoms with Gasteiger partial charge in [0.15, 0.2) is 0 Å². The molecule has 21 heavy (non-hydrogen) atoms. The predicted molar refractivity (Wildman–Crippen MR) is 86.7 cm³/mol. The number of carboxylic acid groups (broad SMARTS) is 1. The molecule has 0 spiro atoms. The van der Waals surface area contributed by atoms with Crippen LogP contribution in [-0.2, 0) is 4.79 Å². The highest BCUT2D eigenvalue weighted by atomic mass is 79.9. The molecule has 0 aromatic heterocycles. The fraction of sp³-hybridized carbons (Fsp3) is 0.467. The molecule has 116 valence electrons. The molecule has 2 N–H and O–H groups in total. The van der Waals surface area contributed by atoms with Crippen LogP contribution in [0.5, 0.6) is 0 Å². The average molecular weight is 377 g/mol. The lowest BCUT2D eigenvalue weighted by atomic mass is 9.87. The van der Waals surface area contributed by atoms with Crippen molar-refractivity contribution in [1.82, 2.24) is 5.32 Å². The van der Waals surface area contributed by atoms with Crippen LogP contribution in [0.4, 0.5) is 0 Å². The Balaban J connectivity index is 2.89. The maximum absolute atomic E-state index is 12.3. The highest BCUT2D eigenvalue weighted by molar-refractivity contribution is 9.10. The van der Waals surface area contributed by atoms with Gasteiger partial charge in [0.25, 0.3) is 5.91 Å². The van der Waals surface area contributed by atoms with Gasteiger partial charge in [0, 0.05) is 10.5 Å². The van der Waals surface area contributed by atoms with Crippen LogP contribution in [-0.4, -0.2) is 23.0 Å². The first-order valence-electron chi connectivity index (χ1n) is 6.56. The van der Waals surface area contributed by atoms with Gasteiger partial charge in [0.1, 0.15) is 0 Å². The van der Waals surface area contributed by atoms with Crippen LogP contribution < -0.4 is 5.32 Å². The average Bonchev–Trinajstić information content (AvgIpc) is 2.28. The van der Waals surface area contributed by atoms with Gasteiger partial charge in [-0.3, -0.25) is 9.59 Å². The lowest BCUT2D eigenvalue weighted by Gasteiger charge is -2.26. The number of amides is 1. The smallest absolute Gasteiger partial charge is 0.305 e. The summed E-state index contributed by atoms with van der Waals surface area (Å²) in [4.78, 5) is 23.2. The van der Waals surface area contributed by atoms with Crippen molar-refractivity contribution in [3.63, 3.8) is 0 Å². The standard InChI is InChI=1S/C15H19BrClNO3/c1-15(2,3)8-10(7-13(19)20)18-14(21)11-6-9(16)4-5-12(11)17/h4-6,10H,7-8H2,1-3H3,(H,18,21)(H,19,20). The molecule has 1 rings (SSSR count). The summed E-state index contributed by atoms with van der Waals surface area (Å²) in [5, 5.41) is 12.1. The summed E-state index contributed by atoms with van der Waals surface area (Å²) in [6.45, 7) is 6.00. The summed E-state index contributed by atoms with van der Waals surface area (Å²) in [5.41, 5.74) is 0.240. The van der Waals surface area contributed by atoms with Crippen LogP contribution in [0.15, 0.2) is 22.7 Å². The second kappa shape index (κ2) is 7.27. The van der Waals surface area contributed by atoms with Gasteiger partial charge in [-0.05, 0) is 30.0 Å². The van der Waals surface area contributed by atoms with Gasteiger partial charge in [-0.25, -0.2) is 0 Å². The van der Waals surface area contributed by atoms with Crippen molar-refractivity contribution in [2.45, 2.75) is 39.7 Å². The molecule has 0 fully saturated rings. The number of aliphatic carboxylic acids is 1. The van der Waals surface area contributed by atoms with Gasteiger partial charge in [-0.15, -0.1) is 0 Å². The molecule has 6 heteroatoms. The molecule has 0 bridgehead atoms. The molecule has 1 aromatic carbocycles. The Morgan fingerprint density at radius 1 is 1.38 bits per heavy atom. The molecule has 1 amide bonds. The van der Waals surface area contributed by atoms with Crippen LogP contribution in [0.1, 0.15) is 44.0 Å². The van der Waals surface area contributed by atoms with Crippen LogP contribution in [0.2, 0.25) is 5.02 Å². The Bertz CT molecular complexity index is 540. The highest BCUT2D eigenvalue weighted by Crippen LogP contribution is 2.24. The monoisotopic (exact) mass is 375 g/mol. The Morgan fingerprint density at radius 2 is 2.00 bits per heavy atom. The summed E-state index contributed by atoms with van der Waals surface area (Å²) in [5.74, 6) is -1.30. The second-order valence-electron chi connectivity index (χ2n) is 6.16. The molecule has 0 aliphatic carbocycles. The molecule has 0 saturated carbocycles. The van der Waals surface area contributed by atoms with Gasteiger partial charge in [0.05, 0.1) is 17.0 Å². The van der Waals surface area contributed by atoms with E-state index in [0.29, 0.717) is 17.0 Å². The minimum absolute atomic E-state index is 0.0888. The van der Waals surface area contributed by atoms with Crippen molar-refractivity contribution in [3.8, 4) is 0 Å². The lowest BCUT2D eigenvalue weighted by Crippen LogP contribution is -2.39. The molecular weight excluding hydrogens is 358 g/mol. The zero-order chi connectivity index (χ0) is 16.2. The summed E-state index contributed by atoms with van der Waals surface area (Å²) >= 11 is 9.30. The van der Waals surface area contributed by atoms with Crippen molar-refractivity contribution in [2.75, 3.05) is 0 Å². The van der Waals surface area contributed by atoms with E-state index in [1.165, 1.54) is 0 Å². The third kappa shape index (κ3) is 6.48. The molecule has 0 saturated heterocycles. The molecular formula is C15H19BrClNO3. The third-order valence-corrected chi connectivity index (χ3v) is 3.61. The third-order valence-electron chi connectivity index (χ3n) is 2.79. The van der Waals surface area contributed by atoms with E-state index in [9.17, 15) is 9.59 Å². The SMILES string of the molecule is CC(C)(C)CC(CC(=O)O)NC(=O)c1cc(Br)ccc1Cl. The fourth-order valence-electron chi connectivity index (χ4n) is 2.06. The van der Waals surface area contributed by atoms with E-state index in [1.54, 1.807) is 18.2 Å². The van der Waals surface area contributed by atoms with Crippen molar-refractivity contribution in [1.29, 1.82) is 0 Å². The van der Waals surface area contributed by atoms with E-state index in [1.807, 2.05) is 20.8 Å². The van der Waals surface area contributed by atoms with Gasteiger partial charge in [-0.1, -0.05) is 48.3 Å². The van der Waals surface area contributed by atoms with Crippen LogP contribution >= 0.6 is 27.5 Å². The molecule has 0 heterocycles. The first kappa shape index (κ1) is 18.0. The second-order valence-corrected chi connectivity index (χ2v) is 7.48. The van der Waals surface area contributed by atoms with E-state index >= 15 is 0 Å². The Kier molecular flexibility index (Phi) is 6.23. The normalized spacial score (nSPS) is 12.8. The van der Waals surface area contributed by atoms with Crippen LogP contribution in [0, 0.1) is 5.41 Å². The van der Waals surface area contributed by atoms with Crippen LogP contribution in [0.25, 0.3) is 0 Å². The number of rotatable bonds is 5. The maximum Gasteiger partial charge on any atom is 0.305 e. The fourth-order valence-corrected chi connectivity index (χ4v) is 2.62. The van der Waals surface area contributed by atoms with E-state index in [-0.39, 0.29) is 17.7 Å². The van der Waals surface area contributed by atoms with Gasteiger partial charge in [-0.2, -0.15) is 0 Å². The van der Waals surface area contributed by atoms with Crippen molar-refractivity contribution < 1.29 is 14.7 Å². The quantitative estimate of drug-likeness (QED) is 0.812. The molecule has 1 atom stereocenters. The van der Waals surface area contributed by atoms with E-state index in [2.05, 4.69) is 21.2 Å². The highest BCUT2D eigenvalue weighted by Gasteiger charge is 2.24. The minimum atomic E-state index is -0.940. The number of benzene rings is 1. The number of carbonyl (C=O) groups excluding carboxylic acids is 1.